The molecule has 0 atom stereocenters. The zero-order chi connectivity index (χ0) is 14.7. The molecule has 0 saturated heterocycles. The molecule has 0 unspecified atom stereocenters. The smallest absolute Gasteiger partial charge is 0.532 e. The number of rotatable bonds is 4. The Kier molecular flexibility index (Phi) is 4.49. The summed E-state index contributed by atoms with van der Waals surface area (Å²) in [6.45, 7) is 3.61. The molecule has 0 aliphatic carbocycles. The van der Waals surface area contributed by atoms with Crippen molar-refractivity contribution in [3.8, 4) is 5.75 Å². The average Bonchev–Trinajstić information content (AvgIpc) is 2.41. The monoisotopic (exact) mass is 270 g/mol. The van der Waals surface area contributed by atoms with Crippen molar-refractivity contribution in [3.63, 3.8) is 0 Å². The second-order valence-corrected chi connectivity index (χ2v) is 4.67. The van der Waals surface area contributed by atoms with Crippen molar-refractivity contribution in [2.45, 2.75) is 13.8 Å². The Bertz CT molecular complexity index is 601. The predicted molar refractivity (Wildman–Crippen MR) is 80.4 cm³/mol. The fraction of sp³-hybridized carbons (Fsp3) is 0.143. The Hall–Kier alpha value is -1.75. The predicted octanol–water partition coefficient (Wildman–Crippen LogP) is -0.250. The zero-order valence-electron chi connectivity index (χ0n) is 11.4. The molecule has 3 N–H and O–H groups in total. The van der Waals surface area contributed by atoms with Crippen LogP contribution < -0.4 is 15.6 Å². The van der Waals surface area contributed by atoms with Crippen LogP contribution in [0.2, 0.25) is 0 Å². The summed E-state index contributed by atoms with van der Waals surface area (Å²) in [5.74, 6) is 0.423. The van der Waals surface area contributed by atoms with E-state index in [-0.39, 0.29) is 0 Å². The summed E-state index contributed by atoms with van der Waals surface area (Å²) in [5, 5.41) is 28.7. The van der Waals surface area contributed by atoms with Crippen molar-refractivity contribution in [1.29, 1.82) is 0 Å². The Balaban J connectivity index is 2.27. The molecule has 0 spiro atoms. The Labute approximate surface area is 118 Å². The van der Waals surface area contributed by atoms with E-state index in [9.17, 15) is 15.1 Å². The minimum atomic E-state index is -1.56. The maximum absolute atomic E-state index is 10.2. The summed E-state index contributed by atoms with van der Waals surface area (Å²) in [4.78, 5) is 0. The summed E-state index contributed by atoms with van der Waals surface area (Å²) in [5.41, 5.74) is 2.56. The molecular formula is C14H16B2O4. The van der Waals surface area contributed by atoms with Crippen LogP contribution in [0.15, 0.2) is 42.5 Å². The number of benzene rings is 2. The van der Waals surface area contributed by atoms with Crippen LogP contribution >= 0.6 is 0 Å². The highest BCUT2D eigenvalue weighted by atomic mass is 16.5. The summed E-state index contributed by atoms with van der Waals surface area (Å²) in [7, 11) is -2.66. The first kappa shape index (κ1) is 14.7. The fourth-order valence-corrected chi connectivity index (χ4v) is 2.09. The first-order valence-corrected chi connectivity index (χ1v) is 6.36. The first-order chi connectivity index (χ1) is 9.50. The van der Waals surface area contributed by atoms with Gasteiger partial charge in [0, 0.05) is 0 Å². The molecule has 0 heterocycles. The molecule has 6 heteroatoms. The van der Waals surface area contributed by atoms with Gasteiger partial charge in [-0.3, -0.25) is 0 Å². The molecule has 0 saturated carbocycles. The van der Waals surface area contributed by atoms with Crippen molar-refractivity contribution in [2.75, 3.05) is 0 Å². The highest BCUT2D eigenvalue weighted by Crippen LogP contribution is 2.16. The maximum atomic E-state index is 10.2. The third-order valence-corrected chi connectivity index (χ3v) is 3.30. The zero-order valence-corrected chi connectivity index (χ0v) is 11.4. The third kappa shape index (κ3) is 3.04. The Morgan fingerprint density at radius 2 is 1.50 bits per heavy atom. The van der Waals surface area contributed by atoms with Crippen LogP contribution in [0.1, 0.15) is 11.1 Å². The molecular weight excluding hydrogens is 254 g/mol. The highest BCUT2D eigenvalue weighted by molar-refractivity contribution is 6.61. The second-order valence-electron chi connectivity index (χ2n) is 4.67. The quantitative estimate of drug-likeness (QED) is 0.670. The third-order valence-electron chi connectivity index (χ3n) is 3.30. The minimum absolute atomic E-state index is 0.361. The van der Waals surface area contributed by atoms with Gasteiger partial charge >= 0.3 is 14.2 Å². The van der Waals surface area contributed by atoms with Gasteiger partial charge in [-0.05, 0) is 36.4 Å². The molecule has 2 aromatic carbocycles. The van der Waals surface area contributed by atoms with Crippen molar-refractivity contribution in [2.24, 2.45) is 0 Å². The van der Waals surface area contributed by atoms with Gasteiger partial charge in [-0.25, -0.2) is 0 Å². The Morgan fingerprint density at radius 1 is 0.850 bits per heavy atom. The molecule has 0 aliphatic heterocycles. The number of hydrogen-bond acceptors (Lipinski definition) is 4. The topological polar surface area (TPSA) is 69.9 Å². The van der Waals surface area contributed by atoms with Crippen LogP contribution in [0.4, 0.5) is 0 Å². The first-order valence-electron chi connectivity index (χ1n) is 6.36. The van der Waals surface area contributed by atoms with E-state index in [1.165, 1.54) is 0 Å². The summed E-state index contributed by atoms with van der Waals surface area (Å²) >= 11 is 0. The second kappa shape index (κ2) is 6.13. The normalized spacial score (nSPS) is 10.2. The van der Waals surface area contributed by atoms with E-state index in [0.29, 0.717) is 22.2 Å². The molecule has 0 amide bonds. The molecule has 4 nitrogen and oxygen atoms in total. The number of aryl methyl sites for hydroxylation is 1. The van der Waals surface area contributed by atoms with Gasteiger partial charge in [0.25, 0.3) is 0 Å². The van der Waals surface area contributed by atoms with Gasteiger partial charge in [-0.15, -0.1) is 0 Å². The van der Waals surface area contributed by atoms with Gasteiger partial charge in [0.2, 0.25) is 0 Å². The van der Waals surface area contributed by atoms with Crippen molar-refractivity contribution >= 4 is 25.2 Å². The lowest BCUT2D eigenvalue weighted by molar-refractivity contribution is 0.421. The fourth-order valence-electron chi connectivity index (χ4n) is 2.09. The molecule has 0 aliphatic rings. The van der Waals surface area contributed by atoms with Crippen molar-refractivity contribution < 1.29 is 19.7 Å². The molecule has 0 aromatic heterocycles. The van der Waals surface area contributed by atoms with Crippen LogP contribution in [0.3, 0.4) is 0 Å². The van der Waals surface area contributed by atoms with E-state index in [1.807, 2.05) is 25.1 Å². The largest absolute Gasteiger partial charge is 0.560 e. The van der Waals surface area contributed by atoms with E-state index in [2.05, 4.69) is 0 Å². The SMILES string of the molecule is Cc1ccccc1B(O)Oc1cccc(B(O)O)c1C. The van der Waals surface area contributed by atoms with Crippen molar-refractivity contribution in [1.82, 2.24) is 0 Å². The maximum Gasteiger partial charge on any atom is 0.560 e. The lowest BCUT2D eigenvalue weighted by Gasteiger charge is -2.16. The molecule has 102 valence electrons. The van der Waals surface area contributed by atoms with Crippen molar-refractivity contribution in [3.05, 3.63) is 53.6 Å². The van der Waals surface area contributed by atoms with E-state index < -0.39 is 14.2 Å². The summed E-state index contributed by atoms with van der Waals surface area (Å²) in [6.07, 6.45) is 0. The molecule has 2 aromatic rings. The van der Waals surface area contributed by atoms with Crippen LogP contribution in [-0.2, 0) is 0 Å². The lowest BCUT2D eigenvalue weighted by atomic mass is 9.75. The van der Waals surface area contributed by atoms with Gasteiger partial charge in [0.1, 0.15) is 5.75 Å². The molecule has 2 rings (SSSR count). The van der Waals surface area contributed by atoms with Crippen LogP contribution in [0.5, 0.6) is 5.75 Å². The van der Waals surface area contributed by atoms with Crippen LogP contribution in [0.25, 0.3) is 0 Å². The van der Waals surface area contributed by atoms with E-state index in [1.54, 1.807) is 31.2 Å². The number of hydrogen-bond donors (Lipinski definition) is 3. The highest BCUT2D eigenvalue weighted by Gasteiger charge is 2.23. The minimum Gasteiger partial charge on any atom is -0.532 e. The van der Waals surface area contributed by atoms with Crippen LogP contribution in [-0.4, -0.2) is 29.3 Å². The van der Waals surface area contributed by atoms with Gasteiger partial charge in [0.15, 0.2) is 0 Å². The summed E-state index contributed by atoms with van der Waals surface area (Å²) in [6, 6.07) is 12.3. The van der Waals surface area contributed by atoms with E-state index >= 15 is 0 Å². The van der Waals surface area contributed by atoms with Gasteiger partial charge in [-0.2, -0.15) is 0 Å². The molecule has 0 fully saturated rings. The molecule has 0 radical (unpaired) electrons. The molecule has 20 heavy (non-hydrogen) atoms. The van der Waals surface area contributed by atoms with E-state index in [0.717, 1.165) is 5.56 Å². The standard InChI is InChI=1S/C14H16B2O4/c1-10-6-3-4-7-12(10)16(19)20-14-9-5-8-13(11(14)2)15(17)18/h3-9,17-19H,1-2H3. The molecule has 0 bridgehead atoms. The van der Waals surface area contributed by atoms with E-state index in [4.69, 9.17) is 4.65 Å². The summed E-state index contributed by atoms with van der Waals surface area (Å²) < 4.78 is 5.54. The average molecular weight is 270 g/mol. The van der Waals surface area contributed by atoms with Gasteiger partial charge < -0.3 is 19.7 Å². The van der Waals surface area contributed by atoms with Crippen LogP contribution in [0, 0.1) is 13.8 Å². The van der Waals surface area contributed by atoms with Gasteiger partial charge in [-0.1, -0.05) is 42.0 Å². The Morgan fingerprint density at radius 3 is 2.15 bits per heavy atom. The van der Waals surface area contributed by atoms with Gasteiger partial charge in [0.05, 0.1) is 0 Å². The lowest BCUT2D eigenvalue weighted by Crippen LogP contribution is -2.39.